The van der Waals surface area contributed by atoms with Crippen LogP contribution in [0, 0.1) is 11.8 Å². The van der Waals surface area contributed by atoms with Crippen LogP contribution < -0.4 is 15.2 Å². The predicted molar refractivity (Wildman–Crippen MR) is 86.8 cm³/mol. The van der Waals surface area contributed by atoms with E-state index >= 15 is 0 Å². The minimum Gasteiger partial charge on any atom is -0.493 e. The zero-order valence-corrected chi connectivity index (χ0v) is 13.8. The number of methoxy groups -OCH3 is 2. The molecule has 1 aliphatic rings. The van der Waals surface area contributed by atoms with Crippen molar-refractivity contribution < 1.29 is 9.47 Å². The third-order valence-corrected chi connectivity index (χ3v) is 5.06. The first-order chi connectivity index (χ1) is 10.00. The molecular formula is C18H29NO2. The van der Waals surface area contributed by atoms with Crippen LogP contribution in [0.2, 0.25) is 0 Å². The summed E-state index contributed by atoms with van der Waals surface area (Å²) in [5.41, 5.74) is 7.70. The maximum atomic E-state index is 6.76. The number of rotatable bonds is 4. The fourth-order valence-electron chi connectivity index (χ4n) is 3.49. The zero-order chi connectivity index (χ0) is 15.5. The van der Waals surface area contributed by atoms with Gasteiger partial charge in [-0.2, -0.15) is 0 Å². The lowest BCUT2D eigenvalue weighted by molar-refractivity contribution is 0.323. The molecule has 0 bridgehead atoms. The Balaban J connectivity index is 2.23. The smallest absolute Gasteiger partial charge is 0.161 e. The molecule has 1 aliphatic carbocycles. The molecule has 0 aromatic heterocycles. The minimum atomic E-state index is -0.233. The van der Waals surface area contributed by atoms with Gasteiger partial charge in [-0.15, -0.1) is 0 Å². The average Bonchev–Trinajstić information content (AvgIpc) is 2.69. The quantitative estimate of drug-likeness (QED) is 0.850. The topological polar surface area (TPSA) is 44.5 Å². The van der Waals surface area contributed by atoms with Gasteiger partial charge in [0.2, 0.25) is 0 Å². The molecule has 0 saturated heterocycles. The van der Waals surface area contributed by atoms with E-state index in [9.17, 15) is 0 Å². The van der Waals surface area contributed by atoms with E-state index in [1.54, 1.807) is 14.2 Å². The molecule has 2 unspecified atom stereocenters. The van der Waals surface area contributed by atoms with Crippen LogP contribution in [-0.2, 0) is 5.54 Å². The molecule has 2 rings (SSSR count). The third-order valence-electron chi connectivity index (χ3n) is 5.06. The van der Waals surface area contributed by atoms with Gasteiger partial charge in [0.25, 0.3) is 0 Å². The Hall–Kier alpha value is -1.22. The largest absolute Gasteiger partial charge is 0.493 e. The summed E-state index contributed by atoms with van der Waals surface area (Å²) >= 11 is 0. The van der Waals surface area contributed by atoms with E-state index in [0.717, 1.165) is 36.2 Å². The molecule has 1 aromatic rings. The van der Waals surface area contributed by atoms with E-state index in [4.69, 9.17) is 15.2 Å². The second-order valence-electron chi connectivity index (χ2n) is 6.66. The van der Waals surface area contributed by atoms with Crippen LogP contribution in [0.25, 0.3) is 0 Å². The van der Waals surface area contributed by atoms with Crippen molar-refractivity contribution >= 4 is 0 Å². The van der Waals surface area contributed by atoms with E-state index in [-0.39, 0.29) is 5.54 Å². The summed E-state index contributed by atoms with van der Waals surface area (Å²) in [5, 5.41) is 0. The highest BCUT2D eigenvalue weighted by Crippen LogP contribution is 2.40. The number of ether oxygens (including phenoxy) is 2. The number of hydrogen-bond acceptors (Lipinski definition) is 3. The number of hydrogen-bond donors (Lipinski definition) is 1. The Morgan fingerprint density at radius 2 is 1.81 bits per heavy atom. The molecule has 0 spiro atoms. The summed E-state index contributed by atoms with van der Waals surface area (Å²) < 4.78 is 10.7. The van der Waals surface area contributed by atoms with Gasteiger partial charge in [-0.05, 0) is 48.8 Å². The van der Waals surface area contributed by atoms with Gasteiger partial charge in [-0.3, -0.25) is 0 Å². The van der Waals surface area contributed by atoms with Crippen molar-refractivity contribution in [1.82, 2.24) is 0 Å². The highest BCUT2D eigenvalue weighted by Gasteiger charge is 2.32. The van der Waals surface area contributed by atoms with Crippen molar-refractivity contribution in [3.05, 3.63) is 23.8 Å². The van der Waals surface area contributed by atoms with Gasteiger partial charge in [0, 0.05) is 5.54 Å². The molecule has 0 amide bonds. The van der Waals surface area contributed by atoms with E-state index in [2.05, 4.69) is 26.0 Å². The van der Waals surface area contributed by atoms with Crippen LogP contribution in [0.3, 0.4) is 0 Å². The van der Waals surface area contributed by atoms with Crippen molar-refractivity contribution in [2.45, 2.75) is 51.5 Å². The monoisotopic (exact) mass is 291 g/mol. The van der Waals surface area contributed by atoms with Crippen molar-refractivity contribution in [3.8, 4) is 11.5 Å². The van der Waals surface area contributed by atoms with Crippen LogP contribution in [0.15, 0.2) is 18.2 Å². The summed E-state index contributed by atoms with van der Waals surface area (Å²) in [6.45, 7) is 4.65. The summed E-state index contributed by atoms with van der Waals surface area (Å²) in [5.74, 6) is 3.08. The molecule has 0 heterocycles. The van der Waals surface area contributed by atoms with E-state index in [1.807, 2.05) is 6.07 Å². The van der Waals surface area contributed by atoms with Crippen molar-refractivity contribution in [2.75, 3.05) is 14.2 Å². The molecule has 3 heteroatoms. The van der Waals surface area contributed by atoms with Gasteiger partial charge in [-0.25, -0.2) is 0 Å². The Labute approximate surface area is 128 Å². The molecule has 2 N–H and O–H groups in total. The molecule has 3 nitrogen and oxygen atoms in total. The second-order valence-corrected chi connectivity index (χ2v) is 6.66. The minimum absolute atomic E-state index is 0.233. The van der Waals surface area contributed by atoms with Gasteiger partial charge in [-0.1, -0.05) is 32.8 Å². The second kappa shape index (κ2) is 6.69. The Kier molecular flexibility index (Phi) is 5.15. The lowest BCUT2D eigenvalue weighted by atomic mass is 9.82. The molecule has 2 atom stereocenters. The molecule has 1 saturated carbocycles. The molecule has 21 heavy (non-hydrogen) atoms. The summed E-state index contributed by atoms with van der Waals surface area (Å²) in [6.07, 6.45) is 5.80. The lowest BCUT2D eigenvalue weighted by Gasteiger charge is -2.29. The summed E-state index contributed by atoms with van der Waals surface area (Å²) in [6, 6.07) is 6.11. The van der Waals surface area contributed by atoms with Crippen molar-refractivity contribution in [2.24, 2.45) is 17.6 Å². The molecule has 0 aliphatic heterocycles. The normalized spacial score (nSPS) is 26.5. The van der Waals surface area contributed by atoms with Crippen LogP contribution >= 0.6 is 0 Å². The predicted octanol–water partition coefficient (Wildman–Crippen LogP) is 4.09. The van der Waals surface area contributed by atoms with Crippen LogP contribution in [-0.4, -0.2) is 14.2 Å². The van der Waals surface area contributed by atoms with Gasteiger partial charge < -0.3 is 15.2 Å². The summed E-state index contributed by atoms with van der Waals surface area (Å²) in [7, 11) is 3.33. The standard InChI is InChI=1S/C18H29NO2/c1-13(2)14-6-5-10-18(19,11-9-14)15-7-8-16(20-3)17(12-15)21-4/h7-8,12-14H,5-6,9-11,19H2,1-4H3. The Morgan fingerprint density at radius 3 is 2.43 bits per heavy atom. The lowest BCUT2D eigenvalue weighted by Crippen LogP contribution is -2.36. The van der Waals surface area contributed by atoms with E-state index in [1.165, 1.54) is 24.8 Å². The first-order valence-electron chi connectivity index (χ1n) is 8.01. The molecule has 118 valence electrons. The SMILES string of the molecule is COc1ccc(C2(N)CCCC(C(C)C)CC2)cc1OC. The van der Waals surface area contributed by atoms with Crippen LogP contribution in [0.4, 0.5) is 0 Å². The van der Waals surface area contributed by atoms with Gasteiger partial charge >= 0.3 is 0 Å². The Bertz CT molecular complexity index is 472. The fraction of sp³-hybridized carbons (Fsp3) is 0.667. The van der Waals surface area contributed by atoms with E-state index < -0.39 is 0 Å². The molecule has 0 radical (unpaired) electrons. The first-order valence-corrected chi connectivity index (χ1v) is 8.01. The van der Waals surface area contributed by atoms with Gasteiger partial charge in [0.05, 0.1) is 14.2 Å². The zero-order valence-electron chi connectivity index (χ0n) is 13.8. The number of nitrogens with two attached hydrogens (primary N) is 1. The van der Waals surface area contributed by atoms with Crippen LogP contribution in [0.1, 0.15) is 51.5 Å². The average molecular weight is 291 g/mol. The highest BCUT2D eigenvalue weighted by atomic mass is 16.5. The Morgan fingerprint density at radius 1 is 1.10 bits per heavy atom. The van der Waals surface area contributed by atoms with E-state index in [0.29, 0.717) is 0 Å². The van der Waals surface area contributed by atoms with Crippen molar-refractivity contribution in [3.63, 3.8) is 0 Å². The number of benzene rings is 1. The maximum Gasteiger partial charge on any atom is 0.161 e. The third kappa shape index (κ3) is 3.52. The van der Waals surface area contributed by atoms with Crippen molar-refractivity contribution in [1.29, 1.82) is 0 Å². The molecule has 1 aromatic carbocycles. The van der Waals surface area contributed by atoms with Crippen LogP contribution in [0.5, 0.6) is 11.5 Å². The van der Waals surface area contributed by atoms with Gasteiger partial charge in [0.15, 0.2) is 11.5 Å². The highest BCUT2D eigenvalue weighted by molar-refractivity contribution is 5.45. The molecular weight excluding hydrogens is 262 g/mol. The molecule has 1 fully saturated rings. The van der Waals surface area contributed by atoms with Gasteiger partial charge in [0.1, 0.15) is 0 Å². The first kappa shape index (κ1) is 16.2. The fourth-order valence-corrected chi connectivity index (χ4v) is 3.49. The maximum absolute atomic E-state index is 6.76. The summed E-state index contributed by atoms with van der Waals surface area (Å²) in [4.78, 5) is 0.